The number of amides is 2. The van der Waals surface area contributed by atoms with Gasteiger partial charge in [-0.15, -0.1) is 24.9 Å². The Bertz CT molecular complexity index is 796. The number of alkyl halides is 3. The lowest BCUT2D eigenvalue weighted by Gasteiger charge is -2.26. The Hall–Kier alpha value is -2.42. The zero-order chi connectivity index (χ0) is 18.7. The highest BCUT2D eigenvalue weighted by molar-refractivity contribution is 7.99. The normalized spacial score (nSPS) is 16.5. The summed E-state index contributed by atoms with van der Waals surface area (Å²) < 4.78 is 53.6. The average Bonchev–Trinajstić information content (AvgIpc) is 2.56. The van der Waals surface area contributed by atoms with Gasteiger partial charge in [0, 0.05) is 16.3 Å². The van der Waals surface area contributed by atoms with Crippen molar-refractivity contribution in [3.05, 3.63) is 53.8 Å². The monoisotopic (exact) mass is 386 g/mol. The minimum absolute atomic E-state index is 0.307. The highest BCUT2D eigenvalue weighted by atomic mass is 32.2. The number of urea groups is 1. The van der Waals surface area contributed by atoms with Crippen molar-refractivity contribution >= 4 is 23.5 Å². The maximum absolute atomic E-state index is 13.5. The van der Waals surface area contributed by atoms with E-state index in [9.17, 15) is 22.4 Å². The molecule has 0 aromatic heterocycles. The second-order valence-corrected chi connectivity index (χ2v) is 6.68. The van der Waals surface area contributed by atoms with Crippen LogP contribution >= 0.6 is 11.8 Å². The number of fused-ring (bicyclic) bond motifs is 1. The van der Waals surface area contributed by atoms with Gasteiger partial charge in [-0.1, -0.05) is 0 Å². The zero-order valence-electron chi connectivity index (χ0n) is 13.3. The Morgan fingerprint density at radius 1 is 1.15 bits per heavy atom. The Morgan fingerprint density at radius 3 is 2.58 bits per heavy atom. The number of nitrogens with one attached hydrogen (secondary N) is 2. The lowest BCUT2D eigenvalue weighted by Crippen LogP contribution is -2.34. The molecule has 1 aliphatic heterocycles. The first-order valence-corrected chi connectivity index (χ1v) is 8.64. The molecule has 26 heavy (non-hydrogen) atoms. The fourth-order valence-corrected chi connectivity index (χ4v) is 3.69. The van der Waals surface area contributed by atoms with E-state index in [0.717, 1.165) is 22.8 Å². The van der Waals surface area contributed by atoms with Crippen LogP contribution in [-0.4, -0.2) is 18.1 Å². The molecule has 1 aliphatic rings. The number of benzene rings is 2. The van der Waals surface area contributed by atoms with Gasteiger partial charge in [0.1, 0.15) is 11.6 Å². The van der Waals surface area contributed by atoms with E-state index < -0.39 is 12.4 Å². The van der Waals surface area contributed by atoms with Crippen molar-refractivity contribution in [2.75, 3.05) is 11.1 Å². The summed E-state index contributed by atoms with van der Waals surface area (Å²) in [5.41, 5.74) is 1.02. The summed E-state index contributed by atoms with van der Waals surface area (Å²) in [5, 5.41) is 5.30. The molecule has 2 amide bonds. The molecular weight excluding hydrogens is 372 g/mol. The molecule has 0 fully saturated rings. The van der Waals surface area contributed by atoms with Crippen molar-refractivity contribution in [1.82, 2.24) is 5.32 Å². The van der Waals surface area contributed by atoms with E-state index in [1.807, 2.05) is 0 Å². The number of hydrogen-bond donors (Lipinski definition) is 2. The summed E-state index contributed by atoms with van der Waals surface area (Å²) in [4.78, 5) is 13.1. The van der Waals surface area contributed by atoms with Crippen LogP contribution in [0.3, 0.4) is 0 Å². The van der Waals surface area contributed by atoms with Gasteiger partial charge in [-0.25, -0.2) is 9.18 Å². The summed E-state index contributed by atoms with van der Waals surface area (Å²) in [7, 11) is 0. The highest BCUT2D eigenvalue weighted by Gasteiger charge is 2.31. The second-order valence-electron chi connectivity index (χ2n) is 5.54. The van der Waals surface area contributed by atoms with Crippen molar-refractivity contribution < 1.29 is 27.1 Å². The number of halogens is 4. The predicted molar refractivity (Wildman–Crippen MR) is 89.8 cm³/mol. The Kier molecular flexibility index (Phi) is 5.26. The third-order valence-electron chi connectivity index (χ3n) is 3.66. The smallest absolute Gasteiger partial charge is 0.406 e. The minimum atomic E-state index is -4.77. The quantitative estimate of drug-likeness (QED) is 0.723. The largest absolute Gasteiger partial charge is 0.573 e. The molecule has 0 saturated heterocycles. The topological polar surface area (TPSA) is 50.4 Å². The van der Waals surface area contributed by atoms with Crippen LogP contribution in [0.25, 0.3) is 0 Å². The number of rotatable bonds is 3. The van der Waals surface area contributed by atoms with Gasteiger partial charge in [-0.3, -0.25) is 0 Å². The van der Waals surface area contributed by atoms with Crippen LogP contribution in [0.1, 0.15) is 18.0 Å². The van der Waals surface area contributed by atoms with Gasteiger partial charge in [0.2, 0.25) is 0 Å². The van der Waals surface area contributed by atoms with Gasteiger partial charge >= 0.3 is 12.4 Å². The van der Waals surface area contributed by atoms with E-state index in [0.29, 0.717) is 17.7 Å². The van der Waals surface area contributed by atoms with Crippen LogP contribution in [0.15, 0.2) is 47.4 Å². The van der Waals surface area contributed by atoms with Crippen LogP contribution < -0.4 is 15.4 Å². The number of carbonyl (C=O) groups is 1. The molecule has 2 aromatic carbocycles. The second kappa shape index (κ2) is 7.45. The van der Waals surface area contributed by atoms with Crippen molar-refractivity contribution in [3.63, 3.8) is 0 Å². The molecular formula is C17H14F4N2O2S. The Labute approximate surface area is 150 Å². The first-order valence-electron chi connectivity index (χ1n) is 7.66. The molecule has 138 valence electrons. The minimum Gasteiger partial charge on any atom is -0.406 e. The van der Waals surface area contributed by atoms with E-state index in [1.54, 1.807) is 17.8 Å². The van der Waals surface area contributed by atoms with Crippen molar-refractivity contribution in [2.24, 2.45) is 0 Å². The number of anilines is 1. The van der Waals surface area contributed by atoms with Gasteiger partial charge in [-0.2, -0.15) is 0 Å². The molecule has 0 aliphatic carbocycles. The van der Waals surface area contributed by atoms with Crippen molar-refractivity contribution in [1.29, 1.82) is 0 Å². The lowest BCUT2D eigenvalue weighted by atomic mass is 10.0. The molecule has 1 atom stereocenters. The average molecular weight is 386 g/mol. The third-order valence-corrected chi connectivity index (χ3v) is 4.79. The summed E-state index contributed by atoms with van der Waals surface area (Å²) in [6, 6.07) is 8.39. The van der Waals surface area contributed by atoms with E-state index in [2.05, 4.69) is 15.4 Å². The Balaban J connectivity index is 1.62. The molecule has 9 heteroatoms. The standard InChI is InChI=1S/C17H14F4N2O2S/c18-10-1-6-15-13(9-10)14(7-8-26-15)23-16(24)22-11-2-4-12(5-3-11)25-17(19,20)21/h1-6,9,14H,7-8H2,(H2,22,23,24). The predicted octanol–water partition coefficient (Wildman–Crippen LogP) is 5.08. The maximum Gasteiger partial charge on any atom is 0.573 e. The van der Waals surface area contributed by atoms with Crippen LogP contribution in [0.2, 0.25) is 0 Å². The van der Waals surface area contributed by atoms with Gasteiger partial charge in [0.25, 0.3) is 0 Å². The van der Waals surface area contributed by atoms with E-state index >= 15 is 0 Å². The van der Waals surface area contributed by atoms with Crippen molar-refractivity contribution in [2.45, 2.75) is 23.7 Å². The number of carbonyl (C=O) groups excluding carboxylic acids is 1. The fraction of sp³-hybridized carbons (Fsp3) is 0.235. The van der Waals surface area contributed by atoms with Crippen LogP contribution in [0, 0.1) is 5.82 Å². The molecule has 3 rings (SSSR count). The van der Waals surface area contributed by atoms with Gasteiger partial charge < -0.3 is 15.4 Å². The molecule has 1 unspecified atom stereocenters. The molecule has 2 aromatic rings. The van der Waals surface area contributed by atoms with E-state index in [4.69, 9.17) is 0 Å². The highest BCUT2D eigenvalue weighted by Crippen LogP contribution is 2.36. The molecule has 0 saturated carbocycles. The molecule has 0 spiro atoms. The van der Waals surface area contributed by atoms with E-state index in [-0.39, 0.29) is 17.6 Å². The summed E-state index contributed by atoms with van der Waals surface area (Å²) >= 11 is 1.59. The Morgan fingerprint density at radius 2 is 1.88 bits per heavy atom. The first-order chi connectivity index (χ1) is 12.3. The van der Waals surface area contributed by atoms with Gasteiger partial charge in [-0.05, 0) is 54.4 Å². The van der Waals surface area contributed by atoms with Crippen LogP contribution in [-0.2, 0) is 0 Å². The van der Waals surface area contributed by atoms with Gasteiger partial charge in [0.15, 0.2) is 0 Å². The maximum atomic E-state index is 13.5. The number of ether oxygens (including phenoxy) is 1. The number of thioether (sulfide) groups is 1. The molecule has 0 radical (unpaired) electrons. The van der Waals surface area contributed by atoms with Crippen LogP contribution in [0.5, 0.6) is 5.75 Å². The van der Waals surface area contributed by atoms with Crippen LogP contribution in [0.4, 0.5) is 28.0 Å². The first kappa shape index (κ1) is 18.4. The molecule has 0 bridgehead atoms. The lowest BCUT2D eigenvalue weighted by molar-refractivity contribution is -0.274. The SMILES string of the molecule is O=C(Nc1ccc(OC(F)(F)F)cc1)NC1CCSc2ccc(F)cc21. The molecule has 1 heterocycles. The molecule has 4 nitrogen and oxygen atoms in total. The van der Waals surface area contributed by atoms with Crippen molar-refractivity contribution in [3.8, 4) is 5.75 Å². The summed E-state index contributed by atoms with van der Waals surface area (Å²) in [6.45, 7) is 0. The fourth-order valence-electron chi connectivity index (χ4n) is 2.58. The third kappa shape index (κ3) is 4.81. The summed E-state index contributed by atoms with van der Waals surface area (Å²) in [5.74, 6) is 0.0310. The molecule has 2 N–H and O–H groups in total. The van der Waals surface area contributed by atoms with Gasteiger partial charge in [0.05, 0.1) is 6.04 Å². The van der Waals surface area contributed by atoms with E-state index in [1.165, 1.54) is 24.3 Å². The number of hydrogen-bond acceptors (Lipinski definition) is 3. The zero-order valence-corrected chi connectivity index (χ0v) is 14.1. The summed E-state index contributed by atoms with van der Waals surface area (Å²) in [6.07, 6.45) is -4.12.